The molecule has 0 aliphatic rings. The Morgan fingerprint density at radius 2 is 0.667 bits per heavy atom. The van der Waals surface area contributed by atoms with E-state index in [-0.39, 0.29) is 37.2 Å². The minimum absolute atomic E-state index is 0. The minimum Gasteiger partial charge on any atom is -0.822 e. The van der Waals surface area contributed by atoms with Crippen molar-refractivity contribution in [2.45, 2.75) is 0 Å². The molecule has 0 atom stereocenters. The Morgan fingerprint density at radius 1 is 0.667 bits per heavy atom. The van der Waals surface area contributed by atoms with Crippen LogP contribution in [0.1, 0.15) is 0 Å². The van der Waals surface area contributed by atoms with Gasteiger partial charge in [0.15, 0.2) is 0 Å². The molecule has 64 valence electrons. The molecule has 0 unspecified atom stereocenters. The second-order valence-corrected chi connectivity index (χ2v) is 2.68. The third-order valence-corrected chi connectivity index (χ3v) is 0. The third-order valence-electron chi connectivity index (χ3n) is 0. The van der Waals surface area contributed by atoms with Crippen LogP contribution in [0.2, 0.25) is 0 Å². The normalized spacial score (nSPS) is 9.83. The van der Waals surface area contributed by atoms with E-state index in [2.05, 4.69) is 0 Å². The molecule has 12 heavy (non-hydrogen) atoms. The van der Waals surface area contributed by atoms with Crippen LogP contribution in [-0.4, -0.2) is 37.2 Å². The fourth-order valence-electron chi connectivity index (χ4n) is 0. The molecule has 0 saturated carbocycles. The maximum Gasteiger partial charge on any atom is 3.00 e. The van der Waals surface area contributed by atoms with Gasteiger partial charge in [-0.3, -0.25) is 0 Å². The van der Waals surface area contributed by atoms with E-state index in [9.17, 15) is 0 Å². The number of hydrogen-bond donors (Lipinski definition) is 0. The Bertz CT molecular complexity index is 129. The molecule has 12 heteroatoms. The summed E-state index contributed by atoms with van der Waals surface area (Å²) in [5.41, 5.74) is 0. The molecule has 0 bridgehead atoms. The maximum atomic E-state index is 8.55. The van der Waals surface area contributed by atoms with Gasteiger partial charge in [0.25, 0.3) is 0 Å². The summed E-state index contributed by atoms with van der Waals surface area (Å²) >= 11 is 0. The van der Waals surface area contributed by atoms with E-state index in [0.717, 1.165) is 0 Å². The van der Waals surface area contributed by atoms with Crippen molar-refractivity contribution in [1.82, 2.24) is 0 Å². The molecular weight excluding hydrogens is 287 g/mol. The average molecular weight is 287 g/mol. The summed E-state index contributed by atoms with van der Waals surface area (Å²) < 4.78 is 17.1. The molecule has 0 rings (SSSR count). The van der Waals surface area contributed by atoms with E-state index >= 15 is 0 Å². The third kappa shape index (κ3) is 637. The summed E-state index contributed by atoms with van der Waals surface area (Å²) in [4.78, 5) is 51.3. The summed E-state index contributed by atoms with van der Waals surface area (Å²) in [5.74, 6) is 0. The van der Waals surface area contributed by atoms with Crippen LogP contribution in [0.4, 0.5) is 0 Å². The van der Waals surface area contributed by atoms with Crippen molar-refractivity contribution < 1.29 is 38.5 Å². The van der Waals surface area contributed by atoms with Gasteiger partial charge in [-0.1, -0.05) is 0 Å². The van der Waals surface area contributed by atoms with Gasteiger partial charge in [0.05, 0.1) is 0 Å². The largest absolute Gasteiger partial charge is 3.00 e. The molecule has 0 spiro atoms. The summed E-state index contributed by atoms with van der Waals surface area (Å²) in [7, 11) is -10.8. The van der Waals surface area contributed by atoms with E-state index in [1.807, 2.05) is 0 Å². The van der Waals surface area contributed by atoms with Crippen LogP contribution < -0.4 is 29.4 Å². The zero-order chi connectivity index (χ0) is 9.00. The Morgan fingerprint density at radius 3 is 0.667 bits per heavy atom. The molecular formula is AlGaO8P2. The number of phosphoric acid groups is 2. The van der Waals surface area contributed by atoms with E-state index in [1.165, 1.54) is 0 Å². The Kier molecular flexibility index (Phi) is 17.4. The van der Waals surface area contributed by atoms with Gasteiger partial charge >= 0.3 is 37.2 Å². The topological polar surface area (TPSA) is 172 Å². The van der Waals surface area contributed by atoms with Crippen LogP contribution >= 0.6 is 15.6 Å². The van der Waals surface area contributed by atoms with Gasteiger partial charge in [-0.2, -0.15) is 15.6 Å². The van der Waals surface area contributed by atoms with Crippen molar-refractivity contribution in [2.75, 3.05) is 0 Å². The van der Waals surface area contributed by atoms with Crippen LogP contribution in [0.25, 0.3) is 0 Å². The van der Waals surface area contributed by atoms with Gasteiger partial charge < -0.3 is 38.5 Å². The summed E-state index contributed by atoms with van der Waals surface area (Å²) in [5, 5.41) is 0. The van der Waals surface area contributed by atoms with Crippen molar-refractivity contribution in [3.8, 4) is 0 Å². The van der Waals surface area contributed by atoms with Crippen molar-refractivity contribution in [1.29, 1.82) is 0 Å². The Labute approximate surface area is 91.3 Å². The van der Waals surface area contributed by atoms with Crippen LogP contribution in [0.5, 0.6) is 0 Å². The molecule has 0 fully saturated rings. The van der Waals surface area contributed by atoms with Gasteiger partial charge in [-0.25, -0.2) is 0 Å². The SMILES string of the molecule is O=P([O-])([O-])[O-].O=P([O-])([O-])[O-].[Al+3].[Ga+3]. The second-order valence-electron chi connectivity index (χ2n) is 0.894. The summed E-state index contributed by atoms with van der Waals surface area (Å²) in [6, 6.07) is 0. The smallest absolute Gasteiger partial charge is 0.822 e. The zero-order valence-corrected chi connectivity index (χ0v) is 10.7. The van der Waals surface area contributed by atoms with Gasteiger partial charge in [0.1, 0.15) is 0 Å². The molecule has 0 radical (unpaired) electrons. The van der Waals surface area contributed by atoms with Crippen molar-refractivity contribution in [2.24, 2.45) is 0 Å². The van der Waals surface area contributed by atoms with Gasteiger partial charge in [-0.05, 0) is 0 Å². The van der Waals surface area contributed by atoms with Crippen molar-refractivity contribution in [3.63, 3.8) is 0 Å². The molecule has 0 heterocycles. The zero-order valence-electron chi connectivity index (χ0n) is 5.32. The van der Waals surface area contributed by atoms with Crippen LogP contribution in [-0.2, 0) is 9.13 Å². The van der Waals surface area contributed by atoms with E-state index in [4.69, 9.17) is 38.5 Å². The van der Waals surface area contributed by atoms with Gasteiger partial charge in [-0.15, -0.1) is 0 Å². The number of rotatable bonds is 0. The molecule has 0 saturated heterocycles. The second kappa shape index (κ2) is 8.96. The first-order chi connectivity index (χ1) is 4.00. The van der Waals surface area contributed by atoms with Crippen LogP contribution in [0, 0.1) is 0 Å². The minimum atomic E-state index is -5.39. The Hall–Kier alpha value is 1.39. The quantitative estimate of drug-likeness (QED) is 0.312. The standard InChI is InChI=1S/Al.Ga.2H3O4P/c;;2*1-5(2,3)4/h;;2*(H3,1,2,3,4)/q2*+3;;/p-6. The molecule has 0 aromatic carbocycles. The first-order valence-electron chi connectivity index (χ1n) is 1.46. The first-order valence-corrected chi connectivity index (χ1v) is 4.38. The molecule has 0 aliphatic carbocycles. The Balaban J connectivity index is -0.0000000457. The predicted octanol–water partition coefficient (Wildman–Crippen LogP) is -6.41. The fourth-order valence-corrected chi connectivity index (χ4v) is 0. The van der Waals surface area contributed by atoms with Crippen LogP contribution in [0.3, 0.4) is 0 Å². The van der Waals surface area contributed by atoms with Gasteiger partial charge in [0.2, 0.25) is 0 Å². The predicted molar refractivity (Wildman–Crippen MR) is 26.7 cm³/mol. The molecule has 0 aromatic heterocycles. The number of hydrogen-bond acceptors (Lipinski definition) is 8. The van der Waals surface area contributed by atoms with E-state index in [0.29, 0.717) is 0 Å². The molecule has 0 amide bonds. The maximum absolute atomic E-state index is 8.55. The molecule has 0 N–H and O–H groups in total. The monoisotopic (exact) mass is 286 g/mol. The fraction of sp³-hybridized carbons (Fsp3) is 0. The van der Waals surface area contributed by atoms with Crippen molar-refractivity contribution in [3.05, 3.63) is 0 Å². The van der Waals surface area contributed by atoms with E-state index < -0.39 is 15.6 Å². The first kappa shape index (κ1) is 23.3. The summed E-state index contributed by atoms with van der Waals surface area (Å²) in [6.45, 7) is 0. The average Bonchev–Trinajstić information content (AvgIpc) is 1.12. The summed E-state index contributed by atoms with van der Waals surface area (Å²) in [6.07, 6.45) is 0. The molecule has 0 aliphatic heterocycles. The van der Waals surface area contributed by atoms with Crippen LogP contribution in [0.15, 0.2) is 0 Å². The van der Waals surface area contributed by atoms with Crippen molar-refractivity contribution >= 4 is 52.8 Å². The molecule has 8 nitrogen and oxygen atoms in total. The van der Waals surface area contributed by atoms with Gasteiger partial charge in [0, 0.05) is 0 Å². The van der Waals surface area contributed by atoms with E-state index in [1.54, 1.807) is 0 Å². The molecule has 0 aromatic rings.